The van der Waals surface area contributed by atoms with Gasteiger partial charge in [0, 0.05) is 10.4 Å². The van der Waals surface area contributed by atoms with Crippen LogP contribution >= 0.6 is 11.6 Å². The van der Waals surface area contributed by atoms with Crippen molar-refractivity contribution in [2.24, 2.45) is 0 Å². The van der Waals surface area contributed by atoms with Crippen LogP contribution in [0.4, 0.5) is 0 Å². The van der Waals surface area contributed by atoms with Crippen LogP contribution in [-0.2, 0) is 4.74 Å². The van der Waals surface area contributed by atoms with Crippen molar-refractivity contribution >= 4 is 39.4 Å². The second-order valence-corrected chi connectivity index (χ2v) is 5.69. The number of carbonyl (C=O) groups is 1. The number of aromatic nitrogens is 3. The zero-order chi connectivity index (χ0) is 16.7. The number of hydrogen-bond donors (Lipinski definition) is 2. The molecule has 2 aromatic heterocycles. The Balaban J connectivity index is 2.44. The van der Waals surface area contributed by atoms with Crippen LogP contribution in [0.3, 0.4) is 0 Å². The van der Waals surface area contributed by atoms with Gasteiger partial charge in [-0.3, -0.25) is 14.7 Å². The lowest BCUT2D eigenvalue weighted by molar-refractivity contribution is 0.0373. The predicted molar refractivity (Wildman–Crippen MR) is 86.1 cm³/mol. The van der Waals surface area contributed by atoms with Gasteiger partial charge < -0.3 is 9.72 Å². The number of fused-ring (bicyclic) bond motifs is 2. The van der Waals surface area contributed by atoms with Crippen molar-refractivity contribution in [3.05, 3.63) is 49.5 Å². The van der Waals surface area contributed by atoms with Crippen LogP contribution in [0.5, 0.6) is 0 Å². The van der Waals surface area contributed by atoms with Crippen LogP contribution in [0.2, 0.25) is 5.02 Å². The monoisotopic (exact) mass is 333 g/mol. The van der Waals surface area contributed by atoms with Gasteiger partial charge >= 0.3 is 5.97 Å². The van der Waals surface area contributed by atoms with Crippen molar-refractivity contribution < 1.29 is 9.53 Å². The lowest BCUT2D eigenvalue weighted by Gasteiger charge is -2.05. The lowest BCUT2D eigenvalue weighted by atomic mass is 10.2. The lowest BCUT2D eigenvalue weighted by Crippen LogP contribution is -2.14. The molecule has 118 valence electrons. The van der Waals surface area contributed by atoms with Crippen molar-refractivity contribution in [2.75, 3.05) is 0 Å². The molecular formula is C15H12ClN3O4. The van der Waals surface area contributed by atoms with Crippen molar-refractivity contribution in [1.29, 1.82) is 0 Å². The number of benzene rings is 1. The molecular weight excluding hydrogens is 322 g/mol. The van der Waals surface area contributed by atoms with Gasteiger partial charge in [0.05, 0.1) is 17.0 Å². The second-order valence-electron chi connectivity index (χ2n) is 5.25. The van der Waals surface area contributed by atoms with E-state index in [1.165, 1.54) is 18.2 Å². The fourth-order valence-electron chi connectivity index (χ4n) is 2.28. The SMILES string of the molecule is CC(C)OC(=O)c1[nH]nc2c(=O)[nH]c3cc(Cl)ccc3c(=O)c12. The molecule has 3 aromatic rings. The number of rotatable bonds is 2. The van der Waals surface area contributed by atoms with Gasteiger partial charge in [-0.05, 0) is 32.0 Å². The molecule has 23 heavy (non-hydrogen) atoms. The minimum Gasteiger partial charge on any atom is -0.458 e. The highest BCUT2D eigenvalue weighted by atomic mass is 35.5. The smallest absolute Gasteiger partial charge is 0.357 e. The van der Waals surface area contributed by atoms with Gasteiger partial charge in [-0.2, -0.15) is 5.10 Å². The second kappa shape index (κ2) is 5.51. The van der Waals surface area contributed by atoms with E-state index in [2.05, 4.69) is 15.2 Å². The zero-order valence-electron chi connectivity index (χ0n) is 12.3. The fourth-order valence-corrected chi connectivity index (χ4v) is 2.45. The largest absolute Gasteiger partial charge is 0.458 e. The van der Waals surface area contributed by atoms with E-state index < -0.39 is 17.0 Å². The Bertz CT molecular complexity index is 1050. The number of carbonyl (C=O) groups excluding carboxylic acids is 1. The van der Waals surface area contributed by atoms with Gasteiger partial charge in [-0.1, -0.05) is 11.6 Å². The first-order valence-corrected chi connectivity index (χ1v) is 7.21. The van der Waals surface area contributed by atoms with E-state index in [1.54, 1.807) is 13.8 Å². The van der Waals surface area contributed by atoms with Crippen LogP contribution in [0.25, 0.3) is 21.8 Å². The maximum Gasteiger partial charge on any atom is 0.357 e. The summed E-state index contributed by atoms with van der Waals surface area (Å²) in [6, 6.07) is 4.48. The van der Waals surface area contributed by atoms with E-state index in [0.29, 0.717) is 5.02 Å². The van der Waals surface area contributed by atoms with Gasteiger partial charge in [0.1, 0.15) is 0 Å². The van der Waals surface area contributed by atoms with Gasteiger partial charge in [-0.15, -0.1) is 0 Å². The number of nitrogens with one attached hydrogen (secondary N) is 2. The summed E-state index contributed by atoms with van der Waals surface area (Å²) in [5.41, 5.74) is -1.13. The average molecular weight is 334 g/mol. The number of halogens is 1. The van der Waals surface area contributed by atoms with Crippen LogP contribution in [0, 0.1) is 0 Å². The summed E-state index contributed by atoms with van der Waals surface area (Å²) < 4.78 is 5.08. The molecule has 0 saturated carbocycles. The van der Waals surface area contributed by atoms with E-state index in [1.807, 2.05) is 0 Å². The van der Waals surface area contributed by atoms with Crippen molar-refractivity contribution in [3.8, 4) is 0 Å². The van der Waals surface area contributed by atoms with Crippen molar-refractivity contribution in [2.45, 2.75) is 20.0 Å². The van der Waals surface area contributed by atoms with Crippen LogP contribution in [0.1, 0.15) is 24.3 Å². The van der Waals surface area contributed by atoms with Crippen LogP contribution < -0.4 is 11.0 Å². The molecule has 0 aliphatic heterocycles. The third-order valence-electron chi connectivity index (χ3n) is 3.23. The normalized spacial score (nSPS) is 11.3. The Hall–Kier alpha value is -2.67. The van der Waals surface area contributed by atoms with Crippen molar-refractivity contribution in [1.82, 2.24) is 15.2 Å². The first kappa shape index (κ1) is 15.2. The highest BCUT2D eigenvalue weighted by Gasteiger charge is 2.21. The van der Waals surface area contributed by atoms with E-state index in [4.69, 9.17) is 16.3 Å². The highest BCUT2D eigenvalue weighted by Crippen LogP contribution is 2.17. The van der Waals surface area contributed by atoms with E-state index in [0.717, 1.165) is 0 Å². The molecule has 1 aromatic carbocycles. The van der Waals surface area contributed by atoms with Gasteiger partial charge in [0.2, 0.25) is 0 Å². The molecule has 0 amide bonds. The summed E-state index contributed by atoms with van der Waals surface area (Å²) in [6.45, 7) is 3.36. The highest BCUT2D eigenvalue weighted by molar-refractivity contribution is 6.31. The zero-order valence-corrected chi connectivity index (χ0v) is 13.0. The maximum atomic E-state index is 12.8. The van der Waals surface area contributed by atoms with E-state index in [-0.39, 0.29) is 33.6 Å². The number of ether oxygens (including phenoxy) is 1. The molecule has 0 unspecified atom stereocenters. The summed E-state index contributed by atoms with van der Waals surface area (Å²) in [5.74, 6) is -0.743. The quantitative estimate of drug-likeness (QED) is 0.698. The molecule has 0 spiro atoms. The molecule has 0 bridgehead atoms. The summed E-state index contributed by atoms with van der Waals surface area (Å²) in [5, 5.41) is 6.70. The standard InChI is InChI=1S/C15H12ClN3O4/c1-6(2)23-15(22)12-10-11(18-19-12)14(21)17-9-5-7(16)3-4-8(9)13(10)20/h3-6H,1-2H3,(H,17,21)(H,18,19). The number of H-pyrrole nitrogens is 2. The van der Waals surface area contributed by atoms with Crippen LogP contribution in [-0.4, -0.2) is 27.3 Å². The summed E-state index contributed by atoms with van der Waals surface area (Å²) >= 11 is 5.89. The maximum absolute atomic E-state index is 12.8. The molecule has 2 heterocycles. The van der Waals surface area contributed by atoms with E-state index in [9.17, 15) is 14.4 Å². The molecule has 2 N–H and O–H groups in total. The third-order valence-corrected chi connectivity index (χ3v) is 3.46. The molecule has 0 radical (unpaired) electrons. The van der Waals surface area contributed by atoms with Gasteiger partial charge in [-0.25, -0.2) is 4.79 Å². The van der Waals surface area contributed by atoms with Gasteiger partial charge in [0.15, 0.2) is 16.6 Å². The molecule has 0 aliphatic carbocycles. The summed E-state index contributed by atoms with van der Waals surface area (Å²) in [6.07, 6.45) is -0.373. The molecule has 0 fully saturated rings. The number of hydrogen-bond acceptors (Lipinski definition) is 5. The Labute approximate surface area is 134 Å². The molecule has 0 atom stereocenters. The Kier molecular flexibility index (Phi) is 3.65. The van der Waals surface area contributed by atoms with Crippen molar-refractivity contribution in [3.63, 3.8) is 0 Å². The average Bonchev–Trinajstić information content (AvgIpc) is 2.87. The van der Waals surface area contributed by atoms with E-state index >= 15 is 0 Å². The fraction of sp³-hybridized carbons (Fsp3) is 0.200. The minimum absolute atomic E-state index is 0.103. The summed E-state index contributed by atoms with van der Waals surface area (Å²) in [4.78, 5) is 39.7. The summed E-state index contributed by atoms with van der Waals surface area (Å²) in [7, 11) is 0. The first-order chi connectivity index (χ1) is 10.9. The number of esters is 1. The van der Waals surface area contributed by atoms with Crippen LogP contribution in [0.15, 0.2) is 27.8 Å². The first-order valence-electron chi connectivity index (χ1n) is 6.83. The number of aromatic amines is 2. The number of nitrogens with zero attached hydrogens (tertiary/aromatic N) is 1. The van der Waals surface area contributed by atoms with Gasteiger partial charge in [0.25, 0.3) is 5.56 Å². The Morgan fingerprint density at radius 1 is 1.30 bits per heavy atom. The minimum atomic E-state index is -0.743. The third kappa shape index (κ3) is 2.59. The predicted octanol–water partition coefficient (Wildman–Crippen LogP) is 1.98. The molecule has 0 aliphatic rings. The molecule has 0 saturated heterocycles. The molecule has 8 heteroatoms. The molecule has 7 nitrogen and oxygen atoms in total. The topological polar surface area (TPSA) is 105 Å². The Morgan fingerprint density at radius 2 is 2.04 bits per heavy atom. The molecule has 3 rings (SSSR count). The Morgan fingerprint density at radius 3 is 2.74 bits per heavy atom.